The molecule has 1 aliphatic rings. The SMILES string of the molecule is Cc1ccc(C)c(C(=O)CCC(=O)N(C)CC2COc3ccccc3O2)c1. The molecule has 1 amide bonds. The van der Waals surface area contributed by atoms with Crippen molar-refractivity contribution in [1.29, 1.82) is 0 Å². The van der Waals surface area contributed by atoms with Crippen molar-refractivity contribution in [3.8, 4) is 11.5 Å². The monoisotopic (exact) mass is 367 g/mol. The van der Waals surface area contributed by atoms with E-state index >= 15 is 0 Å². The van der Waals surface area contributed by atoms with Gasteiger partial charge in [-0.3, -0.25) is 9.59 Å². The second-order valence-corrected chi connectivity index (χ2v) is 7.01. The maximum absolute atomic E-state index is 12.5. The molecule has 0 fully saturated rings. The first-order valence-corrected chi connectivity index (χ1v) is 9.17. The van der Waals surface area contributed by atoms with Gasteiger partial charge in [0.05, 0.1) is 6.54 Å². The quantitative estimate of drug-likeness (QED) is 0.733. The van der Waals surface area contributed by atoms with E-state index in [0.717, 1.165) is 16.9 Å². The van der Waals surface area contributed by atoms with Crippen molar-refractivity contribution >= 4 is 11.7 Å². The third-order valence-electron chi connectivity index (χ3n) is 4.73. The fourth-order valence-electron chi connectivity index (χ4n) is 3.14. The minimum atomic E-state index is -0.219. The molecule has 0 bridgehead atoms. The van der Waals surface area contributed by atoms with Crippen LogP contribution in [-0.2, 0) is 4.79 Å². The van der Waals surface area contributed by atoms with Crippen molar-refractivity contribution in [2.75, 3.05) is 20.2 Å². The number of amides is 1. The third-order valence-corrected chi connectivity index (χ3v) is 4.73. The van der Waals surface area contributed by atoms with Gasteiger partial charge >= 0.3 is 0 Å². The van der Waals surface area contributed by atoms with Gasteiger partial charge in [-0.25, -0.2) is 0 Å². The van der Waals surface area contributed by atoms with Crippen LogP contribution in [0.25, 0.3) is 0 Å². The van der Waals surface area contributed by atoms with Crippen LogP contribution in [-0.4, -0.2) is 42.9 Å². The third kappa shape index (κ3) is 4.67. The van der Waals surface area contributed by atoms with Gasteiger partial charge in [-0.05, 0) is 37.6 Å². The van der Waals surface area contributed by atoms with Gasteiger partial charge < -0.3 is 14.4 Å². The summed E-state index contributed by atoms with van der Waals surface area (Å²) in [7, 11) is 1.73. The molecule has 0 aliphatic carbocycles. The second kappa shape index (κ2) is 8.25. The number of nitrogens with zero attached hydrogens (tertiary/aromatic N) is 1. The molecule has 0 N–H and O–H groups in total. The number of rotatable bonds is 6. The minimum Gasteiger partial charge on any atom is -0.486 e. The van der Waals surface area contributed by atoms with Crippen LogP contribution < -0.4 is 9.47 Å². The van der Waals surface area contributed by atoms with E-state index in [1.54, 1.807) is 11.9 Å². The van der Waals surface area contributed by atoms with Gasteiger partial charge in [-0.15, -0.1) is 0 Å². The van der Waals surface area contributed by atoms with Gasteiger partial charge in [0.1, 0.15) is 6.61 Å². The number of carbonyl (C=O) groups is 2. The molecule has 0 spiro atoms. The number of aryl methyl sites for hydroxylation is 2. The Bertz CT molecular complexity index is 846. The Balaban J connectivity index is 1.51. The Kier molecular flexibility index (Phi) is 5.79. The second-order valence-electron chi connectivity index (χ2n) is 7.01. The highest BCUT2D eigenvalue weighted by Crippen LogP contribution is 2.31. The zero-order valence-electron chi connectivity index (χ0n) is 16.0. The molecule has 5 nitrogen and oxygen atoms in total. The van der Waals surface area contributed by atoms with Crippen molar-refractivity contribution in [2.45, 2.75) is 32.8 Å². The fourth-order valence-corrected chi connectivity index (χ4v) is 3.14. The number of ether oxygens (including phenoxy) is 2. The highest BCUT2D eigenvalue weighted by molar-refractivity contribution is 5.99. The summed E-state index contributed by atoms with van der Waals surface area (Å²) in [4.78, 5) is 26.5. The molecule has 0 saturated heterocycles. The zero-order valence-corrected chi connectivity index (χ0v) is 16.0. The Morgan fingerprint density at radius 3 is 2.59 bits per heavy atom. The van der Waals surface area contributed by atoms with E-state index in [1.807, 2.05) is 56.3 Å². The number of ketones is 1. The van der Waals surface area contributed by atoms with E-state index in [4.69, 9.17) is 9.47 Å². The lowest BCUT2D eigenvalue weighted by Gasteiger charge is -2.29. The number of para-hydroxylation sites is 2. The average molecular weight is 367 g/mol. The summed E-state index contributed by atoms with van der Waals surface area (Å²) < 4.78 is 11.6. The summed E-state index contributed by atoms with van der Waals surface area (Å²) in [6.07, 6.45) is 0.175. The van der Waals surface area contributed by atoms with Gasteiger partial charge in [0.15, 0.2) is 23.4 Å². The Hall–Kier alpha value is -2.82. The van der Waals surface area contributed by atoms with Crippen molar-refractivity contribution in [3.63, 3.8) is 0 Å². The molecular weight excluding hydrogens is 342 g/mol. The summed E-state index contributed by atoms with van der Waals surface area (Å²) in [5.41, 5.74) is 2.69. The predicted molar refractivity (Wildman–Crippen MR) is 103 cm³/mol. The molecule has 1 aliphatic heterocycles. The average Bonchev–Trinajstić information content (AvgIpc) is 2.67. The van der Waals surface area contributed by atoms with Crippen molar-refractivity contribution in [3.05, 3.63) is 59.2 Å². The van der Waals surface area contributed by atoms with Crippen molar-refractivity contribution < 1.29 is 19.1 Å². The lowest BCUT2D eigenvalue weighted by molar-refractivity contribution is -0.131. The van der Waals surface area contributed by atoms with Crippen LogP contribution in [0.3, 0.4) is 0 Å². The lowest BCUT2D eigenvalue weighted by Crippen LogP contribution is -2.41. The molecule has 0 aromatic heterocycles. The number of carbonyl (C=O) groups excluding carboxylic acids is 2. The first-order valence-electron chi connectivity index (χ1n) is 9.17. The van der Waals surface area contributed by atoms with Gasteiger partial charge in [0.25, 0.3) is 0 Å². The minimum absolute atomic E-state index is 0.00382. The Labute approximate surface area is 159 Å². The highest BCUT2D eigenvalue weighted by Gasteiger charge is 2.24. The molecule has 142 valence electrons. The van der Waals surface area contributed by atoms with Crippen LogP contribution >= 0.6 is 0 Å². The molecule has 2 aromatic rings. The largest absolute Gasteiger partial charge is 0.486 e. The fraction of sp³-hybridized carbons (Fsp3) is 0.364. The zero-order chi connectivity index (χ0) is 19.4. The Morgan fingerprint density at radius 2 is 1.81 bits per heavy atom. The molecule has 0 saturated carbocycles. The lowest BCUT2D eigenvalue weighted by atomic mass is 9.99. The molecule has 1 heterocycles. The molecule has 2 aromatic carbocycles. The number of Topliss-reactive ketones (excluding diaryl/α,β-unsaturated/α-hetero) is 1. The highest BCUT2D eigenvalue weighted by atomic mass is 16.6. The topological polar surface area (TPSA) is 55.8 Å². The summed E-state index contributed by atoms with van der Waals surface area (Å²) in [6, 6.07) is 13.3. The standard InChI is InChI=1S/C22H25NO4/c1-15-8-9-16(2)18(12-15)19(24)10-11-22(25)23(3)13-17-14-26-20-6-4-5-7-21(20)27-17/h4-9,12,17H,10-11,13-14H2,1-3H3. The smallest absolute Gasteiger partial charge is 0.222 e. The number of hydrogen-bond acceptors (Lipinski definition) is 4. The van der Waals surface area contributed by atoms with Crippen molar-refractivity contribution in [1.82, 2.24) is 4.90 Å². The number of fused-ring (bicyclic) bond motifs is 1. The molecule has 0 radical (unpaired) electrons. The number of benzene rings is 2. The molecule has 3 rings (SSSR count). The van der Waals surface area contributed by atoms with Gasteiger partial charge in [-0.1, -0.05) is 29.8 Å². The normalized spacial score (nSPS) is 15.3. The summed E-state index contributed by atoms with van der Waals surface area (Å²) in [6.45, 7) is 4.69. The molecule has 1 atom stereocenters. The summed E-state index contributed by atoms with van der Waals surface area (Å²) >= 11 is 0. The molecule has 27 heavy (non-hydrogen) atoms. The predicted octanol–water partition coefficient (Wildman–Crippen LogP) is 3.56. The van der Waals surface area contributed by atoms with E-state index in [2.05, 4.69) is 0 Å². The number of hydrogen-bond donors (Lipinski definition) is 0. The van der Waals surface area contributed by atoms with Crippen LogP contribution in [0.2, 0.25) is 0 Å². The van der Waals surface area contributed by atoms with Crippen LogP contribution in [0.1, 0.15) is 34.3 Å². The van der Waals surface area contributed by atoms with Crippen LogP contribution in [0.15, 0.2) is 42.5 Å². The van der Waals surface area contributed by atoms with Gasteiger partial charge in [0, 0.05) is 25.5 Å². The van der Waals surface area contributed by atoms with E-state index in [0.29, 0.717) is 24.5 Å². The van der Waals surface area contributed by atoms with Gasteiger partial charge in [-0.2, -0.15) is 0 Å². The van der Waals surface area contributed by atoms with Crippen LogP contribution in [0.4, 0.5) is 0 Å². The van der Waals surface area contributed by atoms with Gasteiger partial charge in [0.2, 0.25) is 5.91 Å². The maximum Gasteiger partial charge on any atom is 0.222 e. The molecule has 5 heteroatoms. The summed E-state index contributed by atoms with van der Waals surface area (Å²) in [5.74, 6) is 1.35. The van der Waals surface area contributed by atoms with E-state index in [1.165, 1.54) is 0 Å². The van der Waals surface area contributed by atoms with Crippen LogP contribution in [0, 0.1) is 13.8 Å². The molecule has 1 unspecified atom stereocenters. The van der Waals surface area contributed by atoms with Crippen LogP contribution in [0.5, 0.6) is 11.5 Å². The maximum atomic E-state index is 12.5. The van der Waals surface area contributed by atoms with Crippen molar-refractivity contribution in [2.24, 2.45) is 0 Å². The summed E-state index contributed by atoms with van der Waals surface area (Å²) in [5, 5.41) is 0. The first-order chi connectivity index (χ1) is 12.9. The molecular formula is C22H25NO4. The van der Waals surface area contributed by atoms with E-state index in [9.17, 15) is 9.59 Å². The Morgan fingerprint density at radius 1 is 1.07 bits per heavy atom. The van der Waals surface area contributed by atoms with E-state index < -0.39 is 0 Å². The number of likely N-dealkylation sites (N-methyl/N-ethyl adjacent to an activating group) is 1. The van der Waals surface area contributed by atoms with E-state index in [-0.39, 0.29) is 30.6 Å². The first kappa shape index (κ1) is 19.0.